The molecule has 1 aromatic heterocycles. The Morgan fingerprint density at radius 3 is 3.31 bits per heavy atom. The third kappa shape index (κ3) is 1.42. The van der Waals surface area contributed by atoms with Gasteiger partial charge in [0.15, 0.2) is 0 Å². The molecule has 1 amide bonds. The van der Waals surface area contributed by atoms with Gasteiger partial charge in [-0.25, -0.2) is 9.97 Å². The van der Waals surface area contributed by atoms with Crippen LogP contribution in [0, 0.1) is 6.42 Å². The van der Waals surface area contributed by atoms with Crippen molar-refractivity contribution < 1.29 is 4.79 Å². The summed E-state index contributed by atoms with van der Waals surface area (Å²) >= 11 is 0. The van der Waals surface area contributed by atoms with E-state index in [1.807, 2.05) is 0 Å². The third-order valence-electron chi connectivity index (χ3n) is 1.65. The number of hydrogen-bond donors (Lipinski definition) is 1. The van der Waals surface area contributed by atoms with Gasteiger partial charge in [0.2, 0.25) is 5.91 Å². The molecule has 0 saturated heterocycles. The largest absolute Gasteiger partial charge is 0.309 e. The summed E-state index contributed by atoms with van der Waals surface area (Å²) in [6.45, 7) is 3.58. The summed E-state index contributed by atoms with van der Waals surface area (Å²) in [6.07, 6.45) is 6.46. The van der Waals surface area contributed by atoms with E-state index in [9.17, 15) is 4.79 Å². The highest BCUT2D eigenvalue weighted by Gasteiger charge is 2.20. The highest BCUT2D eigenvalue weighted by molar-refractivity contribution is 6.05. The molecule has 13 heavy (non-hydrogen) atoms. The van der Waals surface area contributed by atoms with E-state index in [2.05, 4.69) is 28.3 Å². The normalized spacial score (nSPS) is 13.7. The Kier molecular flexibility index (Phi) is 1.81. The molecule has 1 N–H and O–H groups in total. The van der Waals surface area contributed by atoms with Crippen molar-refractivity contribution in [1.29, 1.82) is 0 Å². The number of nitrogens with one attached hydrogen (secondary N) is 1. The number of fused-ring (bicyclic) bond motifs is 1. The van der Waals surface area contributed by atoms with Crippen LogP contribution in [0.25, 0.3) is 0 Å². The van der Waals surface area contributed by atoms with Gasteiger partial charge in [-0.3, -0.25) is 4.79 Å². The number of rotatable bonds is 2. The molecule has 0 fully saturated rings. The van der Waals surface area contributed by atoms with Crippen LogP contribution < -0.4 is 5.32 Å². The summed E-state index contributed by atoms with van der Waals surface area (Å²) in [6, 6.07) is 0. The summed E-state index contributed by atoms with van der Waals surface area (Å²) in [4.78, 5) is 19.0. The van der Waals surface area contributed by atoms with Crippen molar-refractivity contribution in [3.05, 3.63) is 36.7 Å². The van der Waals surface area contributed by atoms with Crippen molar-refractivity contribution in [1.82, 2.24) is 9.97 Å². The van der Waals surface area contributed by atoms with E-state index >= 15 is 0 Å². The number of aromatic nitrogens is 2. The first-order valence-electron chi connectivity index (χ1n) is 3.84. The van der Waals surface area contributed by atoms with Crippen LogP contribution in [0.4, 0.5) is 5.82 Å². The van der Waals surface area contributed by atoms with Gasteiger partial charge >= 0.3 is 0 Å². The zero-order valence-corrected chi connectivity index (χ0v) is 6.87. The maximum Gasteiger partial charge on any atom is 0.239 e. The fourth-order valence-electron chi connectivity index (χ4n) is 1.09. The molecule has 0 saturated carbocycles. The molecule has 2 heterocycles. The first-order chi connectivity index (χ1) is 6.29. The molecule has 4 nitrogen and oxygen atoms in total. The average Bonchev–Trinajstić information content (AvgIpc) is 2.44. The minimum Gasteiger partial charge on any atom is -0.309 e. The summed E-state index contributed by atoms with van der Waals surface area (Å²) < 4.78 is 0. The lowest BCUT2D eigenvalue weighted by Crippen LogP contribution is -2.03. The van der Waals surface area contributed by atoms with Gasteiger partial charge in [-0.15, -0.1) is 6.58 Å². The SMILES string of the molecule is C=CCc1ncc2c(n1)NC(=O)[C]2. The second kappa shape index (κ2) is 2.97. The molecule has 0 aromatic carbocycles. The van der Waals surface area contributed by atoms with E-state index in [0.717, 1.165) is 0 Å². The zero-order valence-electron chi connectivity index (χ0n) is 6.87. The number of carbonyl (C=O) groups is 1. The maximum absolute atomic E-state index is 10.9. The summed E-state index contributed by atoms with van der Waals surface area (Å²) in [5.74, 6) is 0.926. The van der Waals surface area contributed by atoms with Crippen LogP contribution in [0.3, 0.4) is 0 Å². The van der Waals surface area contributed by atoms with E-state index in [0.29, 0.717) is 23.6 Å². The maximum atomic E-state index is 10.9. The molecule has 1 aromatic rings. The van der Waals surface area contributed by atoms with Gasteiger partial charge in [-0.05, 0) is 0 Å². The molecule has 0 atom stereocenters. The highest BCUT2D eigenvalue weighted by atomic mass is 16.1. The van der Waals surface area contributed by atoms with Gasteiger partial charge in [0.1, 0.15) is 18.1 Å². The molecule has 1 aliphatic rings. The van der Waals surface area contributed by atoms with E-state index in [1.165, 1.54) is 0 Å². The molecule has 64 valence electrons. The molecular formula is C9H7N3O. The first-order valence-corrected chi connectivity index (χ1v) is 3.84. The predicted octanol–water partition coefficient (Wildman–Crippen LogP) is 0.587. The predicted molar refractivity (Wildman–Crippen MR) is 46.9 cm³/mol. The molecule has 0 aliphatic carbocycles. The van der Waals surface area contributed by atoms with E-state index in [4.69, 9.17) is 0 Å². The first kappa shape index (κ1) is 7.91. The summed E-state index contributed by atoms with van der Waals surface area (Å²) in [5.41, 5.74) is 0.623. The van der Waals surface area contributed by atoms with E-state index < -0.39 is 0 Å². The van der Waals surface area contributed by atoms with Gasteiger partial charge < -0.3 is 5.32 Å². The minimum absolute atomic E-state index is 0.264. The monoisotopic (exact) mass is 173 g/mol. The molecule has 0 unspecified atom stereocenters. The van der Waals surface area contributed by atoms with Gasteiger partial charge in [0.05, 0.1) is 0 Å². The van der Waals surface area contributed by atoms with Crippen LogP contribution >= 0.6 is 0 Å². The smallest absolute Gasteiger partial charge is 0.239 e. The van der Waals surface area contributed by atoms with E-state index in [1.54, 1.807) is 12.3 Å². The van der Waals surface area contributed by atoms with Crippen molar-refractivity contribution in [2.75, 3.05) is 5.32 Å². The molecule has 4 heteroatoms. The van der Waals surface area contributed by atoms with Gasteiger partial charge in [0.25, 0.3) is 0 Å². The molecule has 0 spiro atoms. The van der Waals surface area contributed by atoms with Crippen molar-refractivity contribution in [2.45, 2.75) is 6.42 Å². The number of anilines is 1. The number of hydrogen-bond acceptors (Lipinski definition) is 3. The number of nitrogens with zero attached hydrogens (tertiary/aromatic N) is 2. The van der Waals surface area contributed by atoms with Crippen LogP contribution in [0.2, 0.25) is 0 Å². The lowest BCUT2D eigenvalue weighted by molar-refractivity contribution is -0.112. The highest BCUT2D eigenvalue weighted by Crippen LogP contribution is 2.20. The average molecular weight is 173 g/mol. The Morgan fingerprint density at radius 1 is 1.69 bits per heavy atom. The molecule has 1 aliphatic heterocycles. The molecule has 2 rings (SSSR count). The van der Waals surface area contributed by atoms with Gasteiger partial charge in [-0.1, -0.05) is 6.08 Å². The van der Waals surface area contributed by atoms with E-state index in [-0.39, 0.29) is 5.91 Å². The second-order valence-corrected chi connectivity index (χ2v) is 2.62. The van der Waals surface area contributed by atoms with Crippen molar-refractivity contribution in [3.8, 4) is 0 Å². The van der Waals surface area contributed by atoms with Crippen molar-refractivity contribution in [2.24, 2.45) is 0 Å². The fraction of sp³-hybridized carbons (Fsp3) is 0.111. The fourth-order valence-corrected chi connectivity index (χ4v) is 1.09. The number of carbonyl (C=O) groups excluding carboxylic acids is 1. The Bertz CT molecular complexity index is 373. The lowest BCUT2D eigenvalue weighted by atomic mass is 10.2. The van der Waals surface area contributed by atoms with Gasteiger partial charge in [0, 0.05) is 18.2 Å². The quantitative estimate of drug-likeness (QED) is 0.666. The van der Waals surface area contributed by atoms with Crippen LogP contribution in [0.5, 0.6) is 0 Å². The van der Waals surface area contributed by atoms with Crippen LogP contribution in [0.1, 0.15) is 11.4 Å². The molecule has 0 bridgehead atoms. The van der Waals surface area contributed by atoms with Crippen LogP contribution in [-0.4, -0.2) is 15.9 Å². The van der Waals surface area contributed by atoms with Crippen molar-refractivity contribution in [3.63, 3.8) is 0 Å². The number of amides is 1. The van der Waals surface area contributed by atoms with Crippen molar-refractivity contribution >= 4 is 11.7 Å². The topological polar surface area (TPSA) is 54.9 Å². The second-order valence-electron chi connectivity index (χ2n) is 2.62. The van der Waals surface area contributed by atoms with Gasteiger partial charge in [-0.2, -0.15) is 0 Å². The Morgan fingerprint density at radius 2 is 2.54 bits per heavy atom. The summed E-state index contributed by atoms with van der Waals surface area (Å²) in [7, 11) is 0. The Labute approximate surface area is 75.7 Å². The zero-order chi connectivity index (χ0) is 9.26. The number of allylic oxidation sites excluding steroid dienone is 1. The molecular weight excluding hydrogens is 166 g/mol. The Hall–Kier alpha value is -1.71. The standard InChI is InChI=1S/C9H7N3O/c1-2-3-7-10-5-6-4-8(13)12-9(6)11-7/h2,5H,1,3H2,(H,10,11,12,13). The van der Waals surface area contributed by atoms with Crippen LogP contribution in [-0.2, 0) is 11.2 Å². The summed E-state index contributed by atoms with van der Waals surface area (Å²) in [5, 5.41) is 2.56. The third-order valence-corrected chi connectivity index (χ3v) is 1.65. The van der Waals surface area contributed by atoms with Crippen LogP contribution in [0.15, 0.2) is 18.9 Å². The lowest BCUT2D eigenvalue weighted by Gasteiger charge is -1.98. The Balaban J connectivity index is 2.34. The minimum atomic E-state index is -0.264. The molecule has 2 radical (unpaired) electrons.